The molecular formula is C9H10F3NO. The monoisotopic (exact) mass is 205 g/mol. The molecule has 0 spiro atoms. The summed E-state index contributed by atoms with van der Waals surface area (Å²) < 4.78 is 38.4. The molecular weight excluding hydrogens is 195 g/mol. The van der Waals surface area contributed by atoms with Gasteiger partial charge in [0.05, 0.1) is 5.56 Å². The Morgan fingerprint density at radius 2 is 2.00 bits per heavy atom. The number of aromatic nitrogens is 1. The van der Waals surface area contributed by atoms with Gasteiger partial charge in [0.25, 0.3) is 0 Å². The van der Waals surface area contributed by atoms with E-state index in [1.54, 1.807) is 0 Å². The maximum atomic E-state index is 12.4. The van der Waals surface area contributed by atoms with Crippen molar-refractivity contribution in [2.45, 2.75) is 19.5 Å². The summed E-state index contributed by atoms with van der Waals surface area (Å²) in [6.45, 7) is 1.54. The third kappa shape index (κ3) is 1.97. The molecule has 2 nitrogen and oxygen atoms in total. The van der Waals surface area contributed by atoms with E-state index in [9.17, 15) is 18.0 Å². The molecule has 0 aliphatic heterocycles. The van der Waals surface area contributed by atoms with E-state index in [4.69, 9.17) is 0 Å². The molecule has 0 N–H and O–H groups in total. The van der Waals surface area contributed by atoms with Crippen LogP contribution in [0.25, 0.3) is 0 Å². The van der Waals surface area contributed by atoms with Crippen molar-refractivity contribution in [3.8, 4) is 0 Å². The number of carbonyl (C=O) groups excluding carboxylic acids is 1. The number of ketones is 1. The van der Waals surface area contributed by atoms with Crippen LogP contribution in [-0.2, 0) is 13.2 Å². The lowest BCUT2D eigenvalue weighted by molar-refractivity contribution is -0.137. The summed E-state index contributed by atoms with van der Waals surface area (Å²) in [7, 11) is 1.46. The second-order valence-electron chi connectivity index (χ2n) is 3.03. The third-order valence-electron chi connectivity index (χ3n) is 1.88. The third-order valence-corrected chi connectivity index (χ3v) is 1.88. The molecule has 0 aliphatic rings. The normalized spacial score (nSPS) is 11.8. The van der Waals surface area contributed by atoms with Gasteiger partial charge in [-0.3, -0.25) is 4.79 Å². The number of nitrogens with zero attached hydrogens (tertiary/aromatic N) is 1. The van der Waals surface area contributed by atoms with Crippen molar-refractivity contribution >= 4 is 5.78 Å². The smallest absolute Gasteiger partial charge is 0.356 e. The predicted molar refractivity (Wildman–Crippen MR) is 45.0 cm³/mol. The molecule has 0 fully saturated rings. The fraction of sp³-hybridized carbons (Fsp3) is 0.444. The van der Waals surface area contributed by atoms with Crippen LogP contribution >= 0.6 is 0 Å². The average molecular weight is 205 g/mol. The van der Waals surface area contributed by atoms with Crippen molar-refractivity contribution in [3.63, 3.8) is 0 Å². The van der Waals surface area contributed by atoms with Gasteiger partial charge in [0, 0.05) is 31.4 Å². The largest absolute Gasteiger partial charge is 0.418 e. The van der Waals surface area contributed by atoms with Crippen LogP contribution in [0.1, 0.15) is 29.3 Å². The molecule has 1 aromatic rings. The molecule has 78 valence electrons. The van der Waals surface area contributed by atoms with E-state index in [0.29, 0.717) is 0 Å². The summed E-state index contributed by atoms with van der Waals surface area (Å²) in [4.78, 5) is 11.2. The number of aryl methyl sites for hydroxylation is 1. The lowest BCUT2D eigenvalue weighted by Crippen LogP contribution is -2.09. The highest BCUT2D eigenvalue weighted by Crippen LogP contribution is 2.32. The highest BCUT2D eigenvalue weighted by molar-refractivity contribution is 5.97. The lowest BCUT2D eigenvalue weighted by atomic mass is 10.1. The molecule has 0 bridgehead atoms. The number of hydrogen-bond donors (Lipinski definition) is 0. The van der Waals surface area contributed by atoms with Gasteiger partial charge in [0.15, 0.2) is 5.78 Å². The van der Waals surface area contributed by atoms with Crippen molar-refractivity contribution in [2.24, 2.45) is 7.05 Å². The molecule has 1 heterocycles. The lowest BCUT2D eigenvalue weighted by Gasteiger charge is -2.05. The molecule has 1 aromatic heterocycles. The van der Waals surface area contributed by atoms with E-state index in [1.807, 2.05) is 0 Å². The second kappa shape index (κ2) is 3.48. The molecule has 0 atom stereocenters. The van der Waals surface area contributed by atoms with Gasteiger partial charge in [-0.05, 0) is 0 Å². The Labute approximate surface area is 79.3 Å². The van der Waals surface area contributed by atoms with Gasteiger partial charge < -0.3 is 4.57 Å². The van der Waals surface area contributed by atoms with Gasteiger partial charge in [-0.2, -0.15) is 13.2 Å². The Balaban J connectivity index is 3.23. The summed E-state index contributed by atoms with van der Waals surface area (Å²) in [6, 6.07) is 0. The van der Waals surface area contributed by atoms with Gasteiger partial charge in [-0.1, -0.05) is 6.92 Å². The number of hydrogen-bond acceptors (Lipinski definition) is 1. The van der Waals surface area contributed by atoms with E-state index < -0.39 is 17.5 Å². The number of rotatable bonds is 2. The van der Waals surface area contributed by atoms with Crippen LogP contribution in [0.4, 0.5) is 13.2 Å². The highest BCUT2D eigenvalue weighted by Gasteiger charge is 2.36. The molecule has 0 aromatic carbocycles. The zero-order chi connectivity index (χ0) is 10.9. The van der Waals surface area contributed by atoms with Crippen LogP contribution in [0.2, 0.25) is 0 Å². The first-order valence-corrected chi connectivity index (χ1v) is 4.12. The van der Waals surface area contributed by atoms with Crippen LogP contribution in [0.15, 0.2) is 12.4 Å². The van der Waals surface area contributed by atoms with Crippen molar-refractivity contribution in [3.05, 3.63) is 23.5 Å². The summed E-state index contributed by atoms with van der Waals surface area (Å²) in [5.74, 6) is -0.488. The van der Waals surface area contributed by atoms with Crippen LogP contribution in [0.5, 0.6) is 0 Å². The first kappa shape index (κ1) is 10.8. The quantitative estimate of drug-likeness (QED) is 0.680. The van der Waals surface area contributed by atoms with Crippen molar-refractivity contribution in [2.75, 3.05) is 0 Å². The maximum absolute atomic E-state index is 12.4. The summed E-state index contributed by atoms with van der Waals surface area (Å²) in [5, 5.41) is 0. The molecule has 0 amide bonds. The molecule has 0 aliphatic carbocycles. The van der Waals surface area contributed by atoms with Gasteiger partial charge in [-0.15, -0.1) is 0 Å². The number of alkyl halides is 3. The number of carbonyl (C=O) groups is 1. The number of halogens is 3. The van der Waals surface area contributed by atoms with Crippen LogP contribution < -0.4 is 0 Å². The van der Waals surface area contributed by atoms with Crippen LogP contribution in [0.3, 0.4) is 0 Å². The first-order valence-electron chi connectivity index (χ1n) is 4.12. The molecule has 1 rings (SSSR count). The molecule has 0 saturated heterocycles. The first-order chi connectivity index (χ1) is 6.36. The topological polar surface area (TPSA) is 22.0 Å². The van der Waals surface area contributed by atoms with Crippen molar-refractivity contribution < 1.29 is 18.0 Å². The summed E-state index contributed by atoms with van der Waals surface area (Å²) in [6.07, 6.45) is -2.26. The zero-order valence-electron chi connectivity index (χ0n) is 7.85. The second-order valence-corrected chi connectivity index (χ2v) is 3.03. The minimum Gasteiger partial charge on any atom is -0.356 e. The Bertz CT molecular complexity index is 351. The Kier molecular flexibility index (Phi) is 2.69. The van der Waals surface area contributed by atoms with Gasteiger partial charge in [-0.25, -0.2) is 0 Å². The van der Waals surface area contributed by atoms with Crippen molar-refractivity contribution in [1.82, 2.24) is 4.57 Å². The van der Waals surface area contributed by atoms with Crippen LogP contribution in [-0.4, -0.2) is 10.4 Å². The molecule has 0 radical (unpaired) electrons. The molecule has 14 heavy (non-hydrogen) atoms. The Morgan fingerprint density at radius 3 is 2.43 bits per heavy atom. The maximum Gasteiger partial charge on any atom is 0.418 e. The molecule has 0 saturated carbocycles. The molecule has 0 unspecified atom stereocenters. The zero-order valence-corrected chi connectivity index (χ0v) is 7.85. The SMILES string of the molecule is CCC(=O)c1cn(C)cc1C(F)(F)F. The van der Waals surface area contributed by atoms with Gasteiger partial charge >= 0.3 is 6.18 Å². The molecule has 5 heteroatoms. The summed E-state index contributed by atoms with van der Waals surface area (Å²) >= 11 is 0. The van der Waals surface area contributed by atoms with Gasteiger partial charge in [0.1, 0.15) is 0 Å². The van der Waals surface area contributed by atoms with Gasteiger partial charge in [0.2, 0.25) is 0 Å². The summed E-state index contributed by atoms with van der Waals surface area (Å²) in [5.41, 5.74) is -1.10. The predicted octanol–water partition coefficient (Wildman–Crippen LogP) is 2.64. The van der Waals surface area contributed by atoms with E-state index in [0.717, 1.165) is 6.20 Å². The fourth-order valence-electron chi connectivity index (χ4n) is 1.22. The van der Waals surface area contributed by atoms with Crippen molar-refractivity contribution in [1.29, 1.82) is 0 Å². The van der Waals surface area contributed by atoms with E-state index in [1.165, 1.54) is 24.7 Å². The standard InChI is InChI=1S/C9H10F3NO/c1-3-8(14)6-4-13(2)5-7(6)9(10,11)12/h4-5H,3H2,1-2H3. The minimum absolute atomic E-state index is 0.0765. The van der Waals surface area contributed by atoms with E-state index in [-0.39, 0.29) is 12.0 Å². The minimum atomic E-state index is -4.46. The average Bonchev–Trinajstić information content (AvgIpc) is 2.45. The van der Waals surface area contributed by atoms with E-state index in [2.05, 4.69) is 0 Å². The highest BCUT2D eigenvalue weighted by atomic mass is 19.4. The number of Topliss-reactive ketones (excluding diaryl/α,β-unsaturated/α-hetero) is 1. The van der Waals surface area contributed by atoms with E-state index >= 15 is 0 Å². The van der Waals surface area contributed by atoms with Crippen LogP contribution in [0, 0.1) is 0 Å². The Morgan fingerprint density at radius 1 is 1.43 bits per heavy atom. The fourth-order valence-corrected chi connectivity index (χ4v) is 1.22. The Hall–Kier alpha value is -1.26.